The molecular formula is C18H20N2OS. The number of ether oxygens (including phenoxy) is 1. The van der Waals surface area contributed by atoms with E-state index in [1.165, 1.54) is 5.57 Å². The van der Waals surface area contributed by atoms with Crippen LogP contribution in [0, 0.1) is 38.9 Å². The van der Waals surface area contributed by atoms with E-state index < -0.39 is 10.8 Å². The third-order valence-corrected chi connectivity index (χ3v) is 5.52. The number of nitrogens with zero attached hydrogens (tertiary/aromatic N) is 2. The van der Waals surface area contributed by atoms with E-state index in [4.69, 9.17) is 4.74 Å². The summed E-state index contributed by atoms with van der Waals surface area (Å²) < 4.78 is 5.58. The number of rotatable bonds is 5. The first-order chi connectivity index (χ1) is 10.5. The van der Waals surface area contributed by atoms with Crippen molar-refractivity contribution >= 4 is 11.8 Å². The Morgan fingerprint density at radius 3 is 2.59 bits per heavy atom. The SMILES string of the molecule is C=CCOCC1=CSCC12C=CC(C#N)(C(C)(C)C#N)C=C2. The van der Waals surface area contributed by atoms with Gasteiger partial charge in [0.05, 0.1) is 30.8 Å². The van der Waals surface area contributed by atoms with Crippen molar-refractivity contribution in [3.63, 3.8) is 0 Å². The first-order valence-corrected chi connectivity index (χ1v) is 8.23. The van der Waals surface area contributed by atoms with Crippen LogP contribution in [0.3, 0.4) is 0 Å². The quantitative estimate of drug-likeness (QED) is 0.569. The second-order valence-corrected chi connectivity index (χ2v) is 7.04. The molecule has 0 aromatic heterocycles. The first kappa shape index (κ1) is 16.6. The van der Waals surface area contributed by atoms with Crippen molar-refractivity contribution in [3.05, 3.63) is 47.9 Å². The summed E-state index contributed by atoms with van der Waals surface area (Å²) in [5.41, 5.74) is -0.663. The summed E-state index contributed by atoms with van der Waals surface area (Å²) in [5.74, 6) is 0.904. The van der Waals surface area contributed by atoms with Gasteiger partial charge in [-0.1, -0.05) is 30.4 Å². The smallest absolute Gasteiger partial charge is 0.111 e. The number of nitriles is 2. The van der Waals surface area contributed by atoms with Gasteiger partial charge in [0.1, 0.15) is 5.41 Å². The van der Waals surface area contributed by atoms with Crippen molar-refractivity contribution in [2.24, 2.45) is 16.2 Å². The van der Waals surface area contributed by atoms with Gasteiger partial charge in [0.25, 0.3) is 0 Å². The molecule has 3 nitrogen and oxygen atoms in total. The summed E-state index contributed by atoms with van der Waals surface area (Å²) >= 11 is 1.75. The summed E-state index contributed by atoms with van der Waals surface area (Å²) in [6.45, 7) is 8.33. The van der Waals surface area contributed by atoms with E-state index in [2.05, 4.69) is 36.3 Å². The van der Waals surface area contributed by atoms with Crippen LogP contribution in [0.15, 0.2) is 47.9 Å². The Morgan fingerprint density at radius 1 is 1.36 bits per heavy atom. The van der Waals surface area contributed by atoms with Crippen LogP contribution in [-0.4, -0.2) is 19.0 Å². The molecule has 0 N–H and O–H groups in total. The fourth-order valence-electron chi connectivity index (χ4n) is 2.61. The molecule has 1 spiro atoms. The number of thioether (sulfide) groups is 1. The van der Waals surface area contributed by atoms with E-state index in [9.17, 15) is 10.5 Å². The minimum Gasteiger partial charge on any atom is -0.373 e. The van der Waals surface area contributed by atoms with Crippen molar-refractivity contribution in [2.45, 2.75) is 13.8 Å². The Hall–Kier alpha value is -1.75. The normalized spacial score (nSPS) is 29.9. The zero-order valence-corrected chi connectivity index (χ0v) is 13.8. The molecule has 22 heavy (non-hydrogen) atoms. The standard InChI is InChI=1S/C18H20N2OS/c1-4-9-21-10-15-11-22-14-17(15)5-7-18(13-20,8-6-17)16(2,3)12-19/h4-8,11H,1,9-10,14H2,2-3H3. The lowest BCUT2D eigenvalue weighted by molar-refractivity contribution is 0.178. The number of allylic oxidation sites excluding steroid dienone is 4. The van der Waals surface area contributed by atoms with Gasteiger partial charge in [-0.05, 0) is 24.8 Å². The molecule has 0 fully saturated rings. The van der Waals surface area contributed by atoms with E-state index >= 15 is 0 Å². The fourth-order valence-corrected chi connectivity index (χ4v) is 3.83. The molecule has 0 saturated heterocycles. The third kappa shape index (κ3) is 2.65. The Morgan fingerprint density at radius 2 is 2.05 bits per heavy atom. The molecule has 0 amide bonds. The molecule has 2 aliphatic rings. The largest absolute Gasteiger partial charge is 0.373 e. The summed E-state index contributed by atoms with van der Waals surface area (Å²) in [6.07, 6.45) is 9.65. The monoisotopic (exact) mass is 312 g/mol. The second kappa shape index (κ2) is 6.16. The van der Waals surface area contributed by atoms with Gasteiger partial charge in [0.15, 0.2) is 0 Å². The molecule has 0 aromatic carbocycles. The summed E-state index contributed by atoms with van der Waals surface area (Å²) in [7, 11) is 0. The average Bonchev–Trinajstić information content (AvgIpc) is 2.91. The average molecular weight is 312 g/mol. The number of hydrogen-bond acceptors (Lipinski definition) is 4. The Balaban J connectivity index is 2.26. The van der Waals surface area contributed by atoms with Gasteiger partial charge in [0, 0.05) is 11.2 Å². The maximum absolute atomic E-state index is 9.62. The fraction of sp³-hybridized carbons (Fsp3) is 0.444. The highest BCUT2D eigenvalue weighted by atomic mass is 32.2. The molecule has 1 aliphatic heterocycles. The van der Waals surface area contributed by atoms with E-state index in [-0.39, 0.29) is 5.41 Å². The lowest BCUT2D eigenvalue weighted by Gasteiger charge is -2.37. The predicted molar refractivity (Wildman–Crippen MR) is 89.7 cm³/mol. The summed E-state index contributed by atoms with van der Waals surface area (Å²) in [6, 6.07) is 4.57. The van der Waals surface area contributed by atoms with E-state index in [0.717, 1.165) is 5.75 Å². The molecule has 0 bridgehead atoms. The minimum absolute atomic E-state index is 0.197. The molecule has 4 heteroatoms. The zero-order chi connectivity index (χ0) is 16.3. The molecular weight excluding hydrogens is 292 g/mol. The molecule has 0 aromatic rings. The summed E-state index contributed by atoms with van der Waals surface area (Å²) in [5, 5.41) is 21.1. The minimum atomic E-state index is -0.882. The molecule has 0 radical (unpaired) electrons. The van der Waals surface area contributed by atoms with Crippen LogP contribution < -0.4 is 0 Å². The Kier molecular flexibility index (Phi) is 4.66. The molecule has 1 aliphatic carbocycles. The third-order valence-electron chi connectivity index (χ3n) is 4.42. The highest BCUT2D eigenvalue weighted by Crippen LogP contribution is 2.50. The molecule has 114 valence electrons. The van der Waals surface area contributed by atoms with Gasteiger partial charge in [-0.3, -0.25) is 0 Å². The van der Waals surface area contributed by atoms with E-state index in [0.29, 0.717) is 13.2 Å². The van der Waals surface area contributed by atoms with Crippen molar-refractivity contribution in [1.82, 2.24) is 0 Å². The van der Waals surface area contributed by atoms with E-state index in [1.54, 1.807) is 31.7 Å². The highest BCUT2D eigenvalue weighted by Gasteiger charge is 2.46. The van der Waals surface area contributed by atoms with Crippen LogP contribution in [-0.2, 0) is 4.74 Å². The molecule has 2 rings (SSSR count). The topological polar surface area (TPSA) is 56.8 Å². The molecule has 0 saturated carbocycles. The van der Waals surface area contributed by atoms with Crippen molar-refractivity contribution in [1.29, 1.82) is 10.5 Å². The Labute approximate surface area is 136 Å². The predicted octanol–water partition coefficient (Wildman–Crippen LogP) is 3.99. The van der Waals surface area contributed by atoms with Crippen molar-refractivity contribution < 1.29 is 4.74 Å². The van der Waals surface area contributed by atoms with Crippen molar-refractivity contribution in [2.75, 3.05) is 19.0 Å². The van der Waals surface area contributed by atoms with Gasteiger partial charge in [-0.25, -0.2) is 0 Å². The van der Waals surface area contributed by atoms with Crippen LogP contribution in [0.4, 0.5) is 0 Å². The Bertz CT molecular complexity index is 614. The maximum Gasteiger partial charge on any atom is 0.111 e. The van der Waals surface area contributed by atoms with Crippen LogP contribution in [0.2, 0.25) is 0 Å². The van der Waals surface area contributed by atoms with Gasteiger partial charge in [-0.2, -0.15) is 10.5 Å². The zero-order valence-electron chi connectivity index (χ0n) is 13.0. The molecule has 1 heterocycles. The lowest BCUT2D eigenvalue weighted by Crippen LogP contribution is -2.36. The second-order valence-electron chi connectivity index (χ2n) is 6.18. The summed E-state index contributed by atoms with van der Waals surface area (Å²) in [4.78, 5) is 0. The van der Waals surface area contributed by atoms with Gasteiger partial charge < -0.3 is 4.74 Å². The maximum atomic E-state index is 9.62. The number of hydrogen-bond donors (Lipinski definition) is 0. The lowest BCUT2D eigenvalue weighted by atomic mass is 9.62. The van der Waals surface area contributed by atoms with Crippen LogP contribution in [0.5, 0.6) is 0 Å². The highest BCUT2D eigenvalue weighted by molar-refractivity contribution is 8.02. The van der Waals surface area contributed by atoms with Gasteiger partial charge >= 0.3 is 0 Å². The van der Waals surface area contributed by atoms with Gasteiger partial charge in [-0.15, -0.1) is 18.3 Å². The molecule has 0 unspecified atom stereocenters. The van der Waals surface area contributed by atoms with E-state index in [1.807, 2.05) is 12.2 Å². The van der Waals surface area contributed by atoms with Crippen molar-refractivity contribution in [3.8, 4) is 12.1 Å². The van der Waals surface area contributed by atoms with Crippen LogP contribution >= 0.6 is 11.8 Å². The molecule has 0 atom stereocenters. The van der Waals surface area contributed by atoms with Gasteiger partial charge in [0.2, 0.25) is 0 Å². The van der Waals surface area contributed by atoms with Crippen LogP contribution in [0.25, 0.3) is 0 Å². The van der Waals surface area contributed by atoms with Crippen LogP contribution in [0.1, 0.15) is 13.8 Å². The first-order valence-electron chi connectivity index (χ1n) is 7.18.